The molecular weight excluding hydrogens is 1210 g/mol. The lowest BCUT2D eigenvalue weighted by atomic mass is 9.67. The molecule has 0 radical (unpaired) electrons. The van der Waals surface area contributed by atoms with Crippen molar-refractivity contribution in [2.24, 2.45) is 0 Å². The molecule has 0 spiro atoms. The molecule has 0 atom stereocenters. The number of benzene rings is 15. The molecule has 2 aliphatic rings. The van der Waals surface area contributed by atoms with E-state index < -0.39 is 10.8 Å². The summed E-state index contributed by atoms with van der Waals surface area (Å²) < 4.78 is 9.61. The van der Waals surface area contributed by atoms with Crippen LogP contribution in [0.15, 0.2) is 340 Å². The van der Waals surface area contributed by atoms with E-state index in [-0.39, 0.29) is 0 Å². The molecule has 21 rings (SSSR count). The van der Waals surface area contributed by atoms with E-state index in [1.807, 2.05) is 0 Å². The fourth-order valence-electron chi connectivity index (χ4n) is 18.5. The lowest BCUT2D eigenvalue weighted by Crippen LogP contribution is -2.29. The zero-order chi connectivity index (χ0) is 66.0. The molecule has 6 heteroatoms. The molecular formula is C94H56N6. The Bertz CT molecular complexity index is 6450. The maximum Gasteiger partial charge on any atom is 0.237 e. The van der Waals surface area contributed by atoms with Crippen molar-refractivity contribution >= 4 is 92.9 Å². The average Bonchev–Trinajstić information content (AvgIpc) is 1.48. The predicted octanol–water partition coefficient (Wildman–Crippen LogP) is 23.2. The third-order valence-corrected chi connectivity index (χ3v) is 22.1. The summed E-state index contributed by atoms with van der Waals surface area (Å²) in [6, 6.07) is 126. The van der Waals surface area contributed by atoms with Crippen LogP contribution < -0.4 is 0 Å². The van der Waals surface area contributed by atoms with Gasteiger partial charge < -0.3 is 18.3 Å². The first-order valence-corrected chi connectivity index (χ1v) is 34.2. The summed E-state index contributed by atoms with van der Waals surface area (Å²) in [7, 11) is 0. The minimum Gasteiger partial charge on any atom is -0.317 e. The van der Waals surface area contributed by atoms with Gasteiger partial charge in [-0.2, -0.15) is 5.26 Å². The van der Waals surface area contributed by atoms with Crippen LogP contribution in [0.25, 0.3) is 137 Å². The molecule has 4 aromatic heterocycles. The van der Waals surface area contributed by atoms with Gasteiger partial charge in [0.1, 0.15) is 6.07 Å². The second-order valence-corrected chi connectivity index (χ2v) is 26.6. The second kappa shape index (κ2) is 21.0. The van der Waals surface area contributed by atoms with Crippen molar-refractivity contribution in [3.63, 3.8) is 0 Å². The van der Waals surface area contributed by atoms with Crippen LogP contribution in [0.1, 0.15) is 50.1 Å². The van der Waals surface area contributed by atoms with Crippen LogP contribution in [0.2, 0.25) is 0 Å². The largest absolute Gasteiger partial charge is 0.317 e. The fraction of sp³-hybridized carbons (Fsp3) is 0.0213. The summed E-state index contributed by atoms with van der Waals surface area (Å²) in [5.74, 6) is 0. The normalized spacial score (nSPS) is 13.3. The van der Waals surface area contributed by atoms with E-state index >= 15 is 0 Å². The number of fused-ring (bicyclic) bond motifs is 20. The highest BCUT2D eigenvalue weighted by Crippen LogP contribution is 2.63. The minimum absolute atomic E-state index is 0.322. The van der Waals surface area contributed by atoms with E-state index in [0.717, 1.165) is 148 Å². The number of rotatable bonds is 8. The number of para-hydroxylation sites is 6. The Hall–Kier alpha value is -13.5. The van der Waals surface area contributed by atoms with E-state index in [1.54, 1.807) is 0 Å². The molecule has 2 aliphatic carbocycles. The van der Waals surface area contributed by atoms with Crippen molar-refractivity contribution in [1.29, 1.82) is 5.26 Å². The van der Waals surface area contributed by atoms with Crippen LogP contribution in [0.4, 0.5) is 5.69 Å². The van der Waals surface area contributed by atoms with Crippen molar-refractivity contribution in [3.8, 4) is 51.1 Å². The Morgan fingerprint density at radius 3 is 0.900 bits per heavy atom. The van der Waals surface area contributed by atoms with Gasteiger partial charge in [-0.1, -0.05) is 303 Å². The Morgan fingerprint density at radius 2 is 0.550 bits per heavy atom. The highest BCUT2D eigenvalue weighted by atomic mass is 15.1. The fourth-order valence-corrected chi connectivity index (χ4v) is 18.5. The van der Waals surface area contributed by atoms with E-state index in [9.17, 15) is 11.8 Å². The molecule has 19 aromatic rings. The average molecular weight is 1270 g/mol. The molecule has 15 aromatic carbocycles. The topological polar surface area (TPSA) is 47.9 Å². The van der Waals surface area contributed by atoms with E-state index in [0.29, 0.717) is 34.0 Å². The van der Waals surface area contributed by atoms with E-state index in [4.69, 9.17) is 4.85 Å². The molecule has 0 amide bonds. The quantitative estimate of drug-likeness (QED) is 0.140. The number of nitriles is 1. The number of aromatic nitrogens is 4. The van der Waals surface area contributed by atoms with Gasteiger partial charge in [-0.15, -0.1) is 0 Å². The third-order valence-electron chi connectivity index (χ3n) is 22.1. The smallest absolute Gasteiger partial charge is 0.237 e. The molecule has 0 N–H and O–H groups in total. The van der Waals surface area contributed by atoms with Gasteiger partial charge in [0.05, 0.1) is 89.8 Å². The SMILES string of the molecule is [C-]#[N+]c1c(-n2c3ccccc3c3ccccc32)c(-n2c3ccccc3c3ccc4c(c32)C(c2ccccc2)(c2ccccc2)c2ccccc2-4)c(-n2c3ccccc3c3ccccc32)c(C#N)c1-n1c2ccccc2c2ccc3c(c21)C(c1ccccc1)(c1ccccc1)c1ccccc1-3. The molecule has 0 saturated carbocycles. The maximum absolute atomic E-state index is 13.6. The molecule has 0 fully saturated rings. The lowest BCUT2D eigenvalue weighted by molar-refractivity contribution is 0.771. The number of hydrogen-bond donors (Lipinski definition) is 0. The zero-order valence-corrected chi connectivity index (χ0v) is 54.0. The number of nitrogens with zero attached hydrogens (tertiary/aromatic N) is 6. The molecule has 0 bridgehead atoms. The summed E-state index contributed by atoms with van der Waals surface area (Å²) in [5, 5.41) is 21.8. The summed E-state index contributed by atoms with van der Waals surface area (Å²) in [6.07, 6.45) is 0. The molecule has 462 valence electrons. The van der Waals surface area contributed by atoms with Crippen LogP contribution in [0.3, 0.4) is 0 Å². The Kier molecular flexibility index (Phi) is 11.7. The van der Waals surface area contributed by atoms with Crippen LogP contribution in [-0.2, 0) is 10.8 Å². The van der Waals surface area contributed by atoms with Crippen LogP contribution in [-0.4, -0.2) is 18.3 Å². The number of hydrogen-bond acceptors (Lipinski definition) is 1. The Morgan fingerprint density at radius 1 is 0.260 bits per heavy atom. The second-order valence-electron chi connectivity index (χ2n) is 26.6. The van der Waals surface area contributed by atoms with Crippen LogP contribution in [0, 0.1) is 17.9 Å². The van der Waals surface area contributed by atoms with Gasteiger partial charge in [0, 0.05) is 54.2 Å². The molecule has 0 aliphatic heterocycles. The first-order valence-electron chi connectivity index (χ1n) is 34.2. The van der Waals surface area contributed by atoms with Gasteiger partial charge in [0.2, 0.25) is 5.69 Å². The van der Waals surface area contributed by atoms with Crippen molar-refractivity contribution in [2.45, 2.75) is 10.8 Å². The third kappa shape index (κ3) is 7.07. The molecule has 0 unspecified atom stereocenters. The monoisotopic (exact) mass is 1270 g/mol. The standard InChI is InChI=1S/C94H56N6/c1-96-86-89(99-82-52-28-20-44-69(82)73-56-54-71-63-38-14-22-46-76(63)93(84(71)87(73)99,59-30-6-2-7-31-59)60-32-8-3-9-33-60)75(58-95)90(97-78-48-24-16-40-65(78)66-41-17-25-49-79(66)97)92(91(86)98-80-50-26-18-42-67(80)68-43-19-27-51-81(68)98)100-83-53-29-21-45-70(83)74-57-55-72-64-39-15-23-47-77(64)94(85(72)88(74)100,61-34-10-4-11-35-61)62-36-12-5-13-37-62/h2-57H. The van der Waals surface area contributed by atoms with Crippen molar-refractivity contribution in [1.82, 2.24) is 18.3 Å². The van der Waals surface area contributed by atoms with Crippen LogP contribution >= 0.6 is 0 Å². The van der Waals surface area contributed by atoms with Crippen molar-refractivity contribution in [3.05, 3.63) is 401 Å². The van der Waals surface area contributed by atoms with Gasteiger partial charge >= 0.3 is 0 Å². The van der Waals surface area contributed by atoms with E-state index in [2.05, 4.69) is 364 Å². The lowest BCUT2D eigenvalue weighted by Gasteiger charge is -2.35. The first-order chi connectivity index (χ1) is 49.6. The summed E-state index contributed by atoms with van der Waals surface area (Å²) in [6.45, 7) is 10.6. The van der Waals surface area contributed by atoms with Gasteiger partial charge in [0.25, 0.3) is 0 Å². The summed E-state index contributed by atoms with van der Waals surface area (Å²) >= 11 is 0. The minimum atomic E-state index is -0.888. The molecule has 4 heterocycles. The van der Waals surface area contributed by atoms with Gasteiger partial charge in [0.15, 0.2) is 0 Å². The molecule has 100 heavy (non-hydrogen) atoms. The predicted molar refractivity (Wildman–Crippen MR) is 409 cm³/mol. The first kappa shape index (κ1) is 55.7. The highest BCUT2D eigenvalue weighted by molar-refractivity contribution is 6.20. The van der Waals surface area contributed by atoms with E-state index in [1.165, 1.54) is 5.56 Å². The summed E-state index contributed by atoms with van der Waals surface area (Å²) in [4.78, 5) is 5.15. The van der Waals surface area contributed by atoms with Gasteiger partial charge in [-0.3, -0.25) is 0 Å². The van der Waals surface area contributed by atoms with Gasteiger partial charge in [-0.25, -0.2) is 4.85 Å². The van der Waals surface area contributed by atoms with Crippen LogP contribution in [0.5, 0.6) is 0 Å². The Balaban J connectivity index is 1.07. The molecule has 0 saturated heterocycles. The van der Waals surface area contributed by atoms with Gasteiger partial charge in [-0.05, 0) is 92.0 Å². The molecule has 6 nitrogen and oxygen atoms in total. The van der Waals surface area contributed by atoms with Crippen molar-refractivity contribution < 1.29 is 0 Å². The zero-order valence-electron chi connectivity index (χ0n) is 54.0. The Labute approximate surface area is 576 Å². The summed E-state index contributed by atoms with van der Waals surface area (Å²) in [5.41, 5.74) is 22.2. The maximum atomic E-state index is 13.6. The highest BCUT2D eigenvalue weighted by Gasteiger charge is 2.51. The van der Waals surface area contributed by atoms with Crippen molar-refractivity contribution in [2.75, 3.05) is 0 Å².